The summed E-state index contributed by atoms with van der Waals surface area (Å²) in [7, 11) is 0. The molecule has 0 aromatic heterocycles. The molecule has 78 valence electrons. The molecule has 0 aromatic carbocycles. The first-order valence-electron chi connectivity index (χ1n) is 3.85. The predicted octanol–water partition coefficient (Wildman–Crippen LogP) is 1.17. The highest BCUT2D eigenvalue weighted by Gasteiger charge is 2.03. The summed E-state index contributed by atoms with van der Waals surface area (Å²) < 4.78 is 27.6. The number of carbonyl (C=O) groups excluding carboxylic acids is 1. The van der Waals surface area contributed by atoms with Gasteiger partial charge in [0.25, 0.3) is 6.43 Å². The number of nitrogens with one attached hydrogen (secondary N) is 1. The van der Waals surface area contributed by atoms with E-state index in [4.69, 9.17) is 0 Å². The van der Waals surface area contributed by atoms with E-state index in [9.17, 15) is 13.6 Å². The van der Waals surface area contributed by atoms with Gasteiger partial charge in [0.05, 0.1) is 6.61 Å². The Morgan fingerprint density at radius 2 is 2.23 bits per heavy atom. The van der Waals surface area contributed by atoms with Crippen molar-refractivity contribution in [2.75, 3.05) is 25.1 Å². The molecule has 0 saturated carbocycles. The molecule has 0 heterocycles. The summed E-state index contributed by atoms with van der Waals surface area (Å²) in [6, 6.07) is 0. The number of ether oxygens (including phenoxy) is 1. The average Bonchev–Trinajstić information content (AvgIpc) is 2.08. The third-order valence-electron chi connectivity index (χ3n) is 1.13. The molecule has 0 spiro atoms. The number of hydrogen-bond acceptors (Lipinski definition) is 2. The van der Waals surface area contributed by atoms with E-state index in [0.29, 0.717) is 11.9 Å². The summed E-state index contributed by atoms with van der Waals surface area (Å²) >= 11 is 3.13. The number of rotatable bonds is 7. The van der Waals surface area contributed by atoms with Crippen LogP contribution >= 0.6 is 15.9 Å². The van der Waals surface area contributed by atoms with Crippen molar-refractivity contribution < 1.29 is 18.3 Å². The first-order chi connectivity index (χ1) is 6.16. The Hall–Kier alpha value is -0.230. The maximum absolute atomic E-state index is 11.5. The summed E-state index contributed by atoms with van der Waals surface area (Å²) in [5.74, 6) is -0.186. The standard InChI is InChI=1S/C7H12BrF2NO2/c8-2-3-11-7(12)1-4-13-5-6(9)10/h6H,1-5H2,(H,11,12). The minimum atomic E-state index is -2.47. The van der Waals surface area contributed by atoms with Gasteiger partial charge in [0, 0.05) is 18.3 Å². The zero-order chi connectivity index (χ0) is 10.1. The van der Waals surface area contributed by atoms with Crippen LogP contribution in [-0.2, 0) is 9.53 Å². The first-order valence-corrected chi connectivity index (χ1v) is 4.97. The Labute approximate surface area is 84.0 Å². The van der Waals surface area contributed by atoms with Crippen LogP contribution in [0.1, 0.15) is 6.42 Å². The number of carbonyl (C=O) groups is 1. The molecule has 0 unspecified atom stereocenters. The van der Waals surface area contributed by atoms with Crippen molar-refractivity contribution >= 4 is 21.8 Å². The molecule has 3 nitrogen and oxygen atoms in total. The number of hydrogen-bond donors (Lipinski definition) is 1. The van der Waals surface area contributed by atoms with Gasteiger partial charge < -0.3 is 10.1 Å². The van der Waals surface area contributed by atoms with Gasteiger partial charge in [0.15, 0.2) is 0 Å². The molecule has 0 aliphatic carbocycles. The lowest BCUT2D eigenvalue weighted by atomic mass is 10.4. The predicted molar refractivity (Wildman–Crippen MR) is 48.2 cm³/mol. The second kappa shape index (κ2) is 8.37. The molecule has 0 saturated heterocycles. The maximum Gasteiger partial charge on any atom is 0.261 e. The quantitative estimate of drug-likeness (QED) is 0.551. The van der Waals surface area contributed by atoms with E-state index < -0.39 is 13.0 Å². The minimum absolute atomic E-state index is 0.0401. The van der Waals surface area contributed by atoms with Gasteiger partial charge in [-0.05, 0) is 0 Å². The molecule has 0 radical (unpaired) electrons. The summed E-state index contributed by atoms with van der Waals surface area (Å²) in [5.41, 5.74) is 0. The Kier molecular flexibility index (Phi) is 8.22. The number of alkyl halides is 3. The summed E-state index contributed by atoms with van der Waals surface area (Å²) in [4.78, 5) is 10.8. The van der Waals surface area contributed by atoms with Crippen LogP contribution in [0.3, 0.4) is 0 Å². The zero-order valence-electron chi connectivity index (χ0n) is 7.06. The molecule has 1 amide bonds. The van der Waals surface area contributed by atoms with E-state index >= 15 is 0 Å². The zero-order valence-corrected chi connectivity index (χ0v) is 8.65. The highest BCUT2D eigenvalue weighted by molar-refractivity contribution is 9.09. The Morgan fingerprint density at radius 1 is 1.54 bits per heavy atom. The summed E-state index contributed by atoms with van der Waals surface area (Å²) in [5, 5.41) is 3.24. The van der Waals surface area contributed by atoms with E-state index in [1.54, 1.807) is 0 Å². The Bertz CT molecular complexity index is 146. The molecular formula is C7H12BrF2NO2. The Morgan fingerprint density at radius 3 is 2.77 bits per heavy atom. The highest BCUT2D eigenvalue weighted by Crippen LogP contribution is 1.93. The van der Waals surface area contributed by atoms with Crippen molar-refractivity contribution in [3.05, 3.63) is 0 Å². The van der Waals surface area contributed by atoms with Crippen LogP contribution in [0.2, 0.25) is 0 Å². The fourth-order valence-electron chi connectivity index (χ4n) is 0.612. The van der Waals surface area contributed by atoms with Gasteiger partial charge in [0.2, 0.25) is 5.91 Å². The van der Waals surface area contributed by atoms with E-state index in [1.807, 2.05) is 0 Å². The molecule has 0 aliphatic rings. The summed E-state index contributed by atoms with van der Waals surface area (Å²) in [6.07, 6.45) is -2.34. The van der Waals surface area contributed by atoms with Crippen molar-refractivity contribution in [1.29, 1.82) is 0 Å². The minimum Gasteiger partial charge on any atom is -0.375 e. The van der Waals surface area contributed by atoms with Gasteiger partial charge in [-0.1, -0.05) is 15.9 Å². The Balaban J connectivity index is 3.17. The molecule has 0 aromatic rings. The van der Waals surface area contributed by atoms with E-state index in [2.05, 4.69) is 26.0 Å². The van der Waals surface area contributed by atoms with Crippen LogP contribution in [0.4, 0.5) is 8.78 Å². The maximum atomic E-state index is 11.5. The molecular weight excluding hydrogens is 248 g/mol. The SMILES string of the molecule is O=C(CCOCC(F)F)NCCBr. The second-order valence-corrected chi connectivity index (χ2v) is 3.05. The monoisotopic (exact) mass is 259 g/mol. The molecule has 0 rings (SSSR count). The van der Waals surface area contributed by atoms with Crippen molar-refractivity contribution in [3.63, 3.8) is 0 Å². The van der Waals surface area contributed by atoms with E-state index in [-0.39, 0.29) is 18.9 Å². The van der Waals surface area contributed by atoms with Gasteiger partial charge in [-0.15, -0.1) is 0 Å². The fourth-order valence-corrected chi connectivity index (χ4v) is 0.811. The third kappa shape index (κ3) is 9.69. The van der Waals surface area contributed by atoms with Gasteiger partial charge in [-0.3, -0.25) is 4.79 Å². The average molecular weight is 260 g/mol. The third-order valence-corrected chi connectivity index (χ3v) is 1.53. The normalized spacial score (nSPS) is 10.5. The number of halogens is 3. The molecule has 0 fully saturated rings. The van der Waals surface area contributed by atoms with Gasteiger partial charge in [0.1, 0.15) is 6.61 Å². The fraction of sp³-hybridized carbons (Fsp3) is 0.857. The smallest absolute Gasteiger partial charge is 0.261 e. The lowest BCUT2D eigenvalue weighted by Gasteiger charge is -2.03. The highest BCUT2D eigenvalue weighted by atomic mass is 79.9. The van der Waals surface area contributed by atoms with Crippen molar-refractivity contribution in [2.24, 2.45) is 0 Å². The van der Waals surface area contributed by atoms with Crippen molar-refractivity contribution in [1.82, 2.24) is 5.32 Å². The molecule has 1 N–H and O–H groups in total. The van der Waals surface area contributed by atoms with Crippen LogP contribution in [-0.4, -0.2) is 37.4 Å². The molecule has 6 heteroatoms. The van der Waals surface area contributed by atoms with Gasteiger partial charge in [-0.25, -0.2) is 8.78 Å². The second-order valence-electron chi connectivity index (χ2n) is 2.25. The van der Waals surface area contributed by atoms with Crippen LogP contribution < -0.4 is 5.32 Å². The van der Waals surface area contributed by atoms with Crippen LogP contribution in [0.15, 0.2) is 0 Å². The van der Waals surface area contributed by atoms with Gasteiger partial charge >= 0.3 is 0 Å². The van der Waals surface area contributed by atoms with Crippen LogP contribution in [0.5, 0.6) is 0 Å². The molecule has 13 heavy (non-hydrogen) atoms. The van der Waals surface area contributed by atoms with Gasteiger partial charge in [-0.2, -0.15) is 0 Å². The lowest BCUT2D eigenvalue weighted by Crippen LogP contribution is -2.26. The van der Waals surface area contributed by atoms with Crippen LogP contribution in [0.25, 0.3) is 0 Å². The number of amides is 1. The molecule has 0 bridgehead atoms. The van der Waals surface area contributed by atoms with Crippen LogP contribution in [0, 0.1) is 0 Å². The molecule has 0 aliphatic heterocycles. The lowest BCUT2D eigenvalue weighted by molar-refractivity contribution is -0.122. The van der Waals surface area contributed by atoms with Crippen molar-refractivity contribution in [2.45, 2.75) is 12.8 Å². The van der Waals surface area contributed by atoms with E-state index in [0.717, 1.165) is 0 Å². The molecule has 0 atom stereocenters. The topological polar surface area (TPSA) is 38.3 Å². The van der Waals surface area contributed by atoms with Crippen molar-refractivity contribution in [3.8, 4) is 0 Å². The largest absolute Gasteiger partial charge is 0.375 e. The summed E-state index contributed by atoms with van der Waals surface area (Å²) in [6.45, 7) is -0.0299. The van der Waals surface area contributed by atoms with E-state index in [1.165, 1.54) is 0 Å². The first kappa shape index (κ1) is 12.8.